The van der Waals surface area contributed by atoms with E-state index in [0.717, 1.165) is 13.0 Å². The highest BCUT2D eigenvalue weighted by atomic mass is 14.9. The summed E-state index contributed by atoms with van der Waals surface area (Å²) in [6.07, 6.45) is 1.04. The van der Waals surface area contributed by atoms with Gasteiger partial charge in [0.1, 0.15) is 0 Å². The Kier molecular flexibility index (Phi) is 4.13. The molecule has 2 aromatic rings. The maximum absolute atomic E-state index is 5.50. The molecule has 0 amide bonds. The van der Waals surface area contributed by atoms with Crippen LogP contribution in [0.15, 0.2) is 42.5 Å². The molecule has 1 atom stereocenters. The summed E-state index contributed by atoms with van der Waals surface area (Å²) in [5, 5.41) is 6.09. The lowest BCUT2D eigenvalue weighted by Gasteiger charge is -2.14. The summed E-state index contributed by atoms with van der Waals surface area (Å²) in [6, 6.07) is 15.5. The third-order valence-electron chi connectivity index (χ3n) is 3.04. The topological polar surface area (TPSA) is 38.0 Å². The molecule has 0 radical (unpaired) electrons. The van der Waals surface area contributed by atoms with E-state index >= 15 is 0 Å². The predicted octanol–water partition coefficient (Wildman–Crippen LogP) is 2.32. The van der Waals surface area contributed by atoms with Crippen LogP contribution in [0.4, 0.5) is 0 Å². The largest absolute Gasteiger partial charge is 0.329 e. The van der Waals surface area contributed by atoms with E-state index < -0.39 is 0 Å². The maximum atomic E-state index is 5.50. The molecule has 0 aromatic heterocycles. The fourth-order valence-electron chi connectivity index (χ4n) is 2.20. The average Bonchev–Trinajstić information content (AvgIpc) is 2.37. The Morgan fingerprint density at radius 3 is 2.71 bits per heavy atom. The SMILES string of the molecule is CC(Cc1cccc2ccccc12)NCCN. The molecule has 1 unspecified atom stereocenters. The molecule has 0 aliphatic heterocycles. The molecule has 0 aliphatic carbocycles. The Bertz CT molecular complexity index is 474. The van der Waals surface area contributed by atoms with Crippen molar-refractivity contribution in [3.8, 4) is 0 Å². The van der Waals surface area contributed by atoms with Gasteiger partial charge < -0.3 is 11.1 Å². The van der Waals surface area contributed by atoms with E-state index in [9.17, 15) is 0 Å². The van der Waals surface area contributed by atoms with Crippen molar-refractivity contribution in [2.45, 2.75) is 19.4 Å². The van der Waals surface area contributed by atoms with Crippen LogP contribution >= 0.6 is 0 Å². The van der Waals surface area contributed by atoms with Crippen LogP contribution < -0.4 is 11.1 Å². The van der Waals surface area contributed by atoms with Crippen molar-refractivity contribution in [1.29, 1.82) is 0 Å². The summed E-state index contributed by atoms with van der Waals surface area (Å²) in [6.45, 7) is 3.78. The summed E-state index contributed by atoms with van der Waals surface area (Å²) in [5.41, 5.74) is 6.90. The van der Waals surface area contributed by atoms with Crippen molar-refractivity contribution in [2.24, 2.45) is 5.73 Å². The van der Waals surface area contributed by atoms with E-state index in [1.807, 2.05) is 0 Å². The molecule has 2 rings (SSSR count). The van der Waals surface area contributed by atoms with Gasteiger partial charge in [0.25, 0.3) is 0 Å². The number of nitrogens with two attached hydrogens (primary N) is 1. The molecule has 0 bridgehead atoms. The van der Waals surface area contributed by atoms with E-state index in [1.165, 1.54) is 16.3 Å². The molecule has 0 saturated carbocycles. The molecule has 2 nitrogen and oxygen atoms in total. The summed E-state index contributed by atoms with van der Waals surface area (Å²) < 4.78 is 0. The van der Waals surface area contributed by atoms with E-state index in [1.54, 1.807) is 0 Å². The number of nitrogens with one attached hydrogen (secondary N) is 1. The zero-order valence-electron chi connectivity index (χ0n) is 10.3. The van der Waals surface area contributed by atoms with Crippen LogP contribution in [0.25, 0.3) is 10.8 Å². The third-order valence-corrected chi connectivity index (χ3v) is 3.04. The summed E-state index contributed by atoms with van der Waals surface area (Å²) in [5.74, 6) is 0. The Morgan fingerprint density at radius 2 is 1.88 bits per heavy atom. The second-order valence-electron chi connectivity index (χ2n) is 4.49. The molecular weight excluding hydrogens is 208 g/mol. The van der Waals surface area contributed by atoms with Gasteiger partial charge in [0.05, 0.1) is 0 Å². The van der Waals surface area contributed by atoms with Crippen LogP contribution in [-0.4, -0.2) is 19.1 Å². The summed E-state index contributed by atoms with van der Waals surface area (Å²) in [4.78, 5) is 0. The van der Waals surface area contributed by atoms with Gasteiger partial charge in [-0.15, -0.1) is 0 Å². The standard InChI is InChI=1S/C15H20N2/c1-12(17-10-9-16)11-14-7-4-6-13-5-2-3-8-15(13)14/h2-8,12,17H,9-11,16H2,1H3. The van der Waals surface area contributed by atoms with Gasteiger partial charge in [-0.1, -0.05) is 42.5 Å². The molecule has 0 spiro atoms. The first-order valence-corrected chi connectivity index (χ1v) is 6.21. The zero-order chi connectivity index (χ0) is 12.1. The smallest absolute Gasteiger partial charge is 0.00799 e. The first-order valence-electron chi connectivity index (χ1n) is 6.21. The highest BCUT2D eigenvalue weighted by molar-refractivity contribution is 5.85. The second kappa shape index (κ2) is 5.80. The Balaban J connectivity index is 2.18. The zero-order valence-corrected chi connectivity index (χ0v) is 10.3. The van der Waals surface area contributed by atoms with Crippen LogP contribution in [0.3, 0.4) is 0 Å². The van der Waals surface area contributed by atoms with Gasteiger partial charge in [-0.2, -0.15) is 0 Å². The van der Waals surface area contributed by atoms with Gasteiger partial charge in [0, 0.05) is 19.1 Å². The number of rotatable bonds is 5. The van der Waals surface area contributed by atoms with Crippen LogP contribution in [0.2, 0.25) is 0 Å². The Morgan fingerprint density at radius 1 is 1.12 bits per heavy atom. The van der Waals surface area contributed by atoms with Crippen molar-refractivity contribution in [1.82, 2.24) is 5.32 Å². The van der Waals surface area contributed by atoms with E-state index in [0.29, 0.717) is 12.6 Å². The van der Waals surface area contributed by atoms with Crippen molar-refractivity contribution in [3.05, 3.63) is 48.0 Å². The highest BCUT2D eigenvalue weighted by Crippen LogP contribution is 2.19. The first-order chi connectivity index (χ1) is 8.31. The normalized spacial score (nSPS) is 12.8. The fraction of sp³-hybridized carbons (Fsp3) is 0.333. The summed E-state index contributed by atoms with van der Waals surface area (Å²) in [7, 11) is 0. The summed E-state index contributed by atoms with van der Waals surface area (Å²) >= 11 is 0. The molecule has 3 N–H and O–H groups in total. The Labute approximate surface area is 103 Å². The average molecular weight is 228 g/mol. The van der Waals surface area contributed by atoms with E-state index in [4.69, 9.17) is 5.73 Å². The molecule has 0 heterocycles. The molecular formula is C15H20N2. The van der Waals surface area contributed by atoms with Gasteiger partial charge in [-0.3, -0.25) is 0 Å². The van der Waals surface area contributed by atoms with Crippen LogP contribution in [-0.2, 0) is 6.42 Å². The van der Waals surface area contributed by atoms with Crippen molar-refractivity contribution >= 4 is 10.8 Å². The Hall–Kier alpha value is -1.38. The molecule has 2 heteroatoms. The van der Waals surface area contributed by atoms with Crippen LogP contribution in [0.1, 0.15) is 12.5 Å². The minimum absolute atomic E-state index is 0.462. The predicted molar refractivity (Wildman–Crippen MR) is 74.2 cm³/mol. The van der Waals surface area contributed by atoms with Crippen LogP contribution in [0.5, 0.6) is 0 Å². The fourth-order valence-corrected chi connectivity index (χ4v) is 2.20. The lowest BCUT2D eigenvalue weighted by atomic mass is 9.99. The van der Waals surface area contributed by atoms with Crippen LogP contribution in [0, 0.1) is 0 Å². The second-order valence-corrected chi connectivity index (χ2v) is 4.49. The lowest BCUT2D eigenvalue weighted by molar-refractivity contribution is 0.554. The molecule has 0 fully saturated rings. The quantitative estimate of drug-likeness (QED) is 0.824. The van der Waals surface area contributed by atoms with Crippen molar-refractivity contribution in [2.75, 3.05) is 13.1 Å². The highest BCUT2D eigenvalue weighted by Gasteiger charge is 2.05. The molecule has 90 valence electrons. The monoisotopic (exact) mass is 228 g/mol. The number of fused-ring (bicyclic) bond motifs is 1. The van der Waals surface area contributed by atoms with Gasteiger partial charge >= 0.3 is 0 Å². The molecule has 2 aromatic carbocycles. The van der Waals surface area contributed by atoms with E-state index in [2.05, 4.69) is 54.7 Å². The molecule has 17 heavy (non-hydrogen) atoms. The van der Waals surface area contributed by atoms with Gasteiger partial charge in [-0.05, 0) is 29.7 Å². The number of hydrogen-bond acceptors (Lipinski definition) is 2. The molecule has 0 saturated heterocycles. The first kappa shape index (κ1) is 12.1. The maximum Gasteiger partial charge on any atom is 0.00799 e. The van der Waals surface area contributed by atoms with Gasteiger partial charge in [0.15, 0.2) is 0 Å². The lowest BCUT2D eigenvalue weighted by Crippen LogP contribution is -2.32. The number of hydrogen-bond donors (Lipinski definition) is 2. The third kappa shape index (κ3) is 3.05. The molecule has 0 aliphatic rings. The minimum Gasteiger partial charge on any atom is -0.329 e. The van der Waals surface area contributed by atoms with Crippen molar-refractivity contribution < 1.29 is 0 Å². The van der Waals surface area contributed by atoms with Gasteiger partial charge in [0.2, 0.25) is 0 Å². The van der Waals surface area contributed by atoms with Crippen molar-refractivity contribution in [3.63, 3.8) is 0 Å². The van der Waals surface area contributed by atoms with Gasteiger partial charge in [-0.25, -0.2) is 0 Å². The minimum atomic E-state index is 0.462. The van der Waals surface area contributed by atoms with E-state index in [-0.39, 0.29) is 0 Å². The number of benzene rings is 2.